The molecule has 9 heteroatoms. The number of benzene rings is 2. The second-order valence-electron chi connectivity index (χ2n) is 10.8. The van der Waals surface area contributed by atoms with Gasteiger partial charge in [-0.25, -0.2) is 9.67 Å². The van der Waals surface area contributed by atoms with Crippen molar-refractivity contribution >= 4 is 35.3 Å². The van der Waals surface area contributed by atoms with Crippen LogP contribution in [0.2, 0.25) is 0 Å². The predicted molar refractivity (Wildman–Crippen MR) is 165 cm³/mol. The topological polar surface area (TPSA) is 62.4 Å². The first-order chi connectivity index (χ1) is 19.1. The van der Waals surface area contributed by atoms with Gasteiger partial charge in [0.25, 0.3) is 0 Å². The molecule has 0 spiro atoms. The standard InChI is InChI=1S/C31H37N7S.ClH/c1-23-20-27-29(39-23)21-25-12-6-7-13-28(25)32-31(27)38-19-18-37(17-9-8-14-30-33-34-35-36(30)2)26(22-38)16-15-24-10-4-3-5-11-24;/h3-7,10-13,20,26H,8-9,14-19,21-22H2,1-2H3;1H. The van der Waals surface area contributed by atoms with Crippen LogP contribution in [0.25, 0.3) is 0 Å². The van der Waals surface area contributed by atoms with Gasteiger partial charge in [0.2, 0.25) is 0 Å². The summed E-state index contributed by atoms with van der Waals surface area (Å²) >= 11 is 1.92. The Hall–Kier alpha value is -3.07. The molecule has 210 valence electrons. The number of hydrogen-bond donors (Lipinski definition) is 0. The number of aromatic nitrogens is 4. The Morgan fingerprint density at radius 2 is 1.80 bits per heavy atom. The highest BCUT2D eigenvalue weighted by Gasteiger charge is 2.31. The molecule has 2 aromatic heterocycles. The normalized spacial score (nSPS) is 17.0. The smallest absolute Gasteiger partial charge is 0.150 e. The molecule has 2 aliphatic heterocycles. The summed E-state index contributed by atoms with van der Waals surface area (Å²) in [5.41, 5.74) is 5.20. The lowest BCUT2D eigenvalue weighted by atomic mass is 10.0. The van der Waals surface area contributed by atoms with E-state index in [2.05, 4.69) is 92.9 Å². The number of aryl methyl sites for hydroxylation is 4. The first kappa shape index (κ1) is 28.5. The van der Waals surface area contributed by atoms with Gasteiger partial charge in [-0.15, -0.1) is 28.8 Å². The van der Waals surface area contributed by atoms with Crippen molar-refractivity contribution in [2.24, 2.45) is 12.0 Å². The van der Waals surface area contributed by atoms with Crippen molar-refractivity contribution in [3.05, 3.63) is 92.9 Å². The quantitative estimate of drug-likeness (QED) is 0.255. The molecule has 7 nitrogen and oxygen atoms in total. The first-order valence-corrected chi connectivity index (χ1v) is 15.0. The van der Waals surface area contributed by atoms with Crippen LogP contribution in [0.3, 0.4) is 0 Å². The van der Waals surface area contributed by atoms with Gasteiger partial charge in [-0.05, 0) is 72.8 Å². The van der Waals surface area contributed by atoms with Crippen LogP contribution >= 0.6 is 23.7 Å². The lowest BCUT2D eigenvalue weighted by Gasteiger charge is -2.43. The van der Waals surface area contributed by atoms with Crippen molar-refractivity contribution in [1.29, 1.82) is 0 Å². The third kappa shape index (κ3) is 6.45. The van der Waals surface area contributed by atoms with Gasteiger partial charge in [-0.1, -0.05) is 48.5 Å². The molecular formula is C31H38ClN7S. The van der Waals surface area contributed by atoms with E-state index in [1.54, 1.807) is 4.68 Å². The zero-order valence-electron chi connectivity index (χ0n) is 23.4. The van der Waals surface area contributed by atoms with Gasteiger partial charge in [0.1, 0.15) is 5.84 Å². The molecule has 40 heavy (non-hydrogen) atoms. The van der Waals surface area contributed by atoms with Crippen molar-refractivity contribution in [3.8, 4) is 0 Å². The summed E-state index contributed by atoms with van der Waals surface area (Å²) in [6, 6.07) is 22.4. The Morgan fingerprint density at radius 1 is 0.975 bits per heavy atom. The van der Waals surface area contributed by atoms with E-state index in [4.69, 9.17) is 4.99 Å². The summed E-state index contributed by atoms with van der Waals surface area (Å²) in [5, 5.41) is 11.9. The molecule has 6 rings (SSSR count). The zero-order valence-corrected chi connectivity index (χ0v) is 25.0. The molecule has 0 saturated carbocycles. The fourth-order valence-electron chi connectivity index (χ4n) is 5.93. The highest BCUT2D eigenvalue weighted by molar-refractivity contribution is 7.12. The van der Waals surface area contributed by atoms with E-state index < -0.39 is 0 Å². The maximum absolute atomic E-state index is 5.32. The van der Waals surface area contributed by atoms with Crippen LogP contribution in [0, 0.1) is 6.92 Å². The minimum Gasteiger partial charge on any atom is -0.353 e. The van der Waals surface area contributed by atoms with E-state index in [1.807, 2.05) is 18.4 Å². The molecule has 0 aliphatic carbocycles. The molecular weight excluding hydrogens is 538 g/mol. The lowest BCUT2D eigenvalue weighted by Crippen LogP contribution is -2.55. The molecule has 1 unspecified atom stereocenters. The highest BCUT2D eigenvalue weighted by atomic mass is 35.5. The third-order valence-corrected chi connectivity index (χ3v) is 9.11. The van der Waals surface area contributed by atoms with E-state index >= 15 is 0 Å². The van der Waals surface area contributed by atoms with Crippen molar-refractivity contribution < 1.29 is 0 Å². The maximum Gasteiger partial charge on any atom is 0.150 e. The van der Waals surface area contributed by atoms with E-state index in [9.17, 15) is 0 Å². The van der Waals surface area contributed by atoms with Crippen LogP contribution in [0.4, 0.5) is 5.69 Å². The second-order valence-corrected chi connectivity index (χ2v) is 12.1. The molecule has 0 radical (unpaired) electrons. The number of nitrogens with zero attached hydrogens (tertiary/aromatic N) is 7. The zero-order chi connectivity index (χ0) is 26.6. The SMILES string of the molecule is Cc1cc2c(s1)Cc1ccccc1N=C2N1CCN(CCCCc2nnnn2C)C(CCc2ccccc2)C1.Cl. The van der Waals surface area contributed by atoms with Gasteiger partial charge >= 0.3 is 0 Å². The van der Waals surface area contributed by atoms with Crippen LogP contribution in [0.5, 0.6) is 0 Å². The number of tetrazole rings is 1. The molecule has 1 fully saturated rings. The number of piperazine rings is 1. The number of thiophene rings is 1. The van der Waals surface area contributed by atoms with Crippen LogP contribution in [0.1, 0.15) is 51.5 Å². The number of fused-ring (bicyclic) bond motifs is 2. The second kappa shape index (κ2) is 13.1. The van der Waals surface area contributed by atoms with E-state index in [0.717, 1.165) is 76.2 Å². The summed E-state index contributed by atoms with van der Waals surface area (Å²) in [7, 11) is 1.92. The number of rotatable bonds is 8. The van der Waals surface area contributed by atoms with Crippen molar-refractivity contribution in [3.63, 3.8) is 0 Å². The summed E-state index contributed by atoms with van der Waals surface area (Å²) in [4.78, 5) is 13.4. The van der Waals surface area contributed by atoms with Gasteiger partial charge in [-0.2, -0.15) is 0 Å². The fraction of sp³-hybridized carbons (Fsp3) is 0.419. The Morgan fingerprint density at radius 3 is 2.62 bits per heavy atom. The number of amidine groups is 1. The Kier molecular flexibility index (Phi) is 9.29. The summed E-state index contributed by atoms with van der Waals surface area (Å²) in [6.45, 7) is 6.40. The predicted octanol–water partition coefficient (Wildman–Crippen LogP) is 5.63. The number of halogens is 1. The Balaban J connectivity index is 0.00000323. The van der Waals surface area contributed by atoms with Crippen molar-refractivity contribution in [2.75, 3.05) is 26.2 Å². The Labute approximate surface area is 247 Å². The van der Waals surface area contributed by atoms with Gasteiger partial charge in [0.15, 0.2) is 5.82 Å². The molecule has 1 atom stereocenters. The highest BCUT2D eigenvalue weighted by Crippen LogP contribution is 2.34. The van der Waals surface area contributed by atoms with Crippen molar-refractivity contribution in [2.45, 2.75) is 51.5 Å². The number of aliphatic imine (C=N–C) groups is 1. The third-order valence-electron chi connectivity index (χ3n) is 8.06. The first-order valence-electron chi connectivity index (χ1n) is 14.1. The maximum atomic E-state index is 5.32. The van der Waals surface area contributed by atoms with Crippen LogP contribution in [-0.4, -0.2) is 68.1 Å². The average molecular weight is 576 g/mol. The lowest BCUT2D eigenvalue weighted by molar-refractivity contribution is 0.104. The van der Waals surface area contributed by atoms with E-state index in [1.165, 1.54) is 32.3 Å². The van der Waals surface area contributed by atoms with Gasteiger partial charge in [0.05, 0.1) is 5.69 Å². The van der Waals surface area contributed by atoms with E-state index in [0.29, 0.717) is 6.04 Å². The average Bonchev–Trinajstić information content (AvgIpc) is 3.50. The van der Waals surface area contributed by atoms with Crippen LogP contribution in [-0.2, 0) is 26.3 Å². The largest absolute Gasteiger partial charge is 0.353 e. The molecule has 0 amide bonds. The summed E-state index contributed by atoms with van der Waals surface area (Å²) in [5.74, 6) is 2.13. The van der Waals surface area contributed by atoms with E-state index in [-0.39, 0.29) is 12.4 Å². The fourth-order valence-corrected chi connectivity index (χ4v) is 6.98. The monoisotopic (exact) mass is 575 g/mol. The molecule has 4 aromatic rings. The Bertz CT molecular complexity index is 1430. The van der Waals surface area contributed by atoms with Gasteiger partial charge in [-0.3, -0.25) is 4.90 Å². The minimum absolute atomic E-state index is 0. The minimum atomic E-state index is 0. The van der Waals surface area contributed by atoms with Crippen molar-refractivity contribution in [1.82, 2.24) is 30.0 Å². The molecule has 0 bridgehead atoms. The molecule has 2 aromatic carbocycles. The molecule has 0 N–H and O–H groups in total. The summed E-state index contributed by atoms with van der Waals surface area (Å²) in [6.07, 6.45) is 6.38. The molecule has 4 heterocycles. The van der Waals surface area contributed by atoms with Gasteiger partial charge < -0.3 is 4.90 Å². The molecule has 2 aliphatic rings. The van der Waals surface area contributed by atoms with Crippen LogP contribution < -0.4 is 0 Å². The summed E-state index contributed by atoms with van der Waals surface area (Å²) < 4.78 is 1.79. The number of para-hydroxylation sites is 1. The number of hydrogen-bond acceptors (Lipinski definition) is 7. The van der Waals surface area contributed by atoms with Gasteiger partial charge in [0, 0.05) is 60.9 Å². The van der Waals surface area contributed by atoms with Crippen LogP contribution in [0.15, 0.2) is 65.7 Å². The number of unbranched alkanes of at least 4 members (excludes halogenated alkanes) is 1. The molecule has 1 saturated heterocycles.